The molecular weight excluding hydrogens is 214 g/mol. The van der Waals surface area contributed by atoms with Crippen molar-refractivity contribution >= 4 is 0 Å². The second-order valence-corrected chi connectivity index (χ2v) is 5.79. The Labute approximate surface area is 103 Å². The fraction of sp³-hybridized carbons (Fsp3) is 0.571. The second kappa shape index (κ2) is 4.00. The van der Waals surface area contributed by atoms with Gasteiger partial charge in [-0.25, -0.2) is 0 Å². The van der Waals surface area contributed by atoms with Gasteiger partial charge in [0.15, 0.2) is 0 Å². The summed E-state index contributed by atoms with van der Waals surface area (Å²) in [6, 6.07) is 5.60. The van der Waals surface area contributed by atoms with Crippen LogP contribution in [0.3, 0.4) is 0 Å². The van der Waals surface area contributed by atoms with Crippen molar-refractivity contribution in [3.63, 3.8) is 0 Å². The minimum atomic E-state index is -0.536. The maximum atomic E-state index is 10.5. The molecule has 2 atom stereocenters. The molecule has 94 valence electrons. The molecule has 2 rings (SSSR count). The topological polar surface area (TPSA) is 43.7 Å². The van der Waals surface area contributed by atoms with E-state index >= 15 is 0 Å². The average molecular weight is 235 g/mol. The molecule has 1 aliphatic carbocycles. The van der Waals surface area contributed by atoms with Crippen LogP contribution in [0.5, 0.6) is 5.75 Å². The van der Waals surface area contributed by atoms with Gasteiger partial charge in [-0.15, -0.1) is 0 Å². The zero-order valence-electron chi connectivity index (χ0n) is 10.9. The maximum absolute atomic E-state index is 10.5. The lowest BCUT2D eigenvalue weighted by Gasteiger charge is -2.46. The smallest absolute Gasteiger partial charge is 0.115 e. The van der Waals surface area contributed by atoms with E-state index in [1.54, 1.807) is 12.1 Å². The molecule has 0 aromatic heterocycles. The SMILES string of the molecule is CN(C)C1Cc2ccc(O)cc2C(O)C1(C)C. The van der Waals surface area contributed by atoms with E-state index in [2.05, 4.69) is 18.7 Å². The Morgan fingerprint density at radius 2 is 1.94 bits per heavy atom. The number of fused-ring (bicyclic) bond motifs is 1. The molecule has 2 N–H and O–H groups in total. The normalized spacial score (nSPS) is 26.9. The summed E-state index contributed by atoms with van der Waals surface area (Å²) in [7, 11) is 4.09. The predicted molar refractivity (Wildman–Crippen MR) is 68.0 cm³/mol. The minimum absolute atomic E-state index is 0.218. The Bertz CT molecular complexity index is 426. The third-order valence-electron chi connectivity index (χ3n) is 4.02. The number of aromatic hydroxyl groups is 1. The quantitative estimate of drug-likeness (QED) is 0.782. The van der Waals surface area contributed by atoms with Crippen molar-refractivity contribution in [3.8, 4) is 5.75 Å². The fourth-order valence-corrected chi connectivity index (χ4v) is 2.93. The number of aliphatic hydroxyl groups excluding tert-OH is 1. The lowest BCUT2D eigenvalue weighted by Crippen LogP contribution is -2.49. The highest BCUT2D eigenvalue weighted by atomic mass is 16.3. The van der Waals surface area contributed by atoms with E-state index in [-0.39, 0.29) is 11.2 Å². The van der Waals surface area contributed by atoms with Crippen LogP contribution in [0.2, 0.25) is 0 Å². The molecule has 0 saturated heterocycles. The van der Waals surface area contributed by atoms with Gasteiger partial charge in [0.2, 0.25) is 0 Å². The van der Waals surface area contributed by atoms with Crippen molar-refractivity contribution in [2.75, 3.05) is 14.1 Å². The van der Waals surface area contributed by atoms with Gasteiger partial charge in [0.05, 0.1) is 6.10 Å². The van der Waals surface area contributed by atoms with Crippen molar-refractivity contribution < 1.29 is 10.2 Å². The zero-order valence-corrected chi connectivity index (χ0v) is 10.9. The van der Waals surface area contributed by atoms with Crippen LogP contribution in [0.25, 0.3) is 0 Å². The van der Waals surface area contributed by atoms with Crippen molar-refractivity contribution in [2.24, 2.45) is 5.41 Å². The Kier molecular flexibility index (Phi) is 2.92. The molecule has 3 nitrogen and oxygen atoms in total. The Morgan fingerprint density at radius 3 is 2.53 bits per heavy atom. The summed E-state index contributed by atoms with van der Waals surface area (Å²) < 4.78 is 0. The van der Waals surface area contributed by atoms with Crippen molar-refractivity contribution in [1.82, 2.24) is 4.90 Å². The first kappa shape index (κ1) is 12.4. The number of hydrogen-bond donors (Lipinski definition) is 2. The molecular formula is C14H21NO2. The summed E-state index contributed by atoms with van der Waals surface area (Å²) in [5, 5.41) is 20.0. The summed E-state index contributed by atoms with van der Waals surface area (Å²) in [6.07, 6.45) is 0.373. The molecule has 0 radical (unpaired) electrons. The van der Waals surface area contributed by atoms with E-state index in [0.717, 1.165) is 17.5 Å². The third-order valence-corrected chi connectivity index (χ3v) is 4.02. The molecule has 0 fully saturated rings. The molecule has 1 aliphatic rings. The largest absolute Gasteiger partial charge is 0.508 e. The Balaban J connectivity index is 2.49. The number of hydrogen-bond acceptors (Lipinski definition) is 3. The summed E-state index contributed by atoms with van der Waals surface area (Å²) in [5.74, 6) is 0.224. The summed E-state index contributed by atoms with van der Waals surface area (Å²) in [5.41, 5.74) is 1.78. The van der Waals surface area contributed by atoms with Gasteiger partial charge in [-0.3, -0.25) is 0 Å². The van der Waals surface area contributed by atoms with Crippen LogP contribution in [-0.4, -0.2) is 35.3 Å². The molecule has 0 amide bonds. The van der Waals surface area contributed by atoms with Gasteiger partial charge >= 0.3 is 0 Å². The van der Waals surface area contributed by atoms with Crippen LogP contribution in [-0.2, 0) is 6.42 Å². The highest BCUT2D eigenvalue weighted by Gasteiger charge is 2.43. The number of aliphatic hydroxyl groups is 1. The molecule has 0 aliphatic heterocycles. The third kappa shape index (κ3) is 1.94. The van der Waals surface area contributed by atoms with Gasteiger partial charge in [0.25, 0.3) is 0 Å². The lowest BCUT2D eigenvalue weighted by molar-refractivity contribution is -0.0210. The highest BCUT2D eigenvalue weighted by Crippen LogP contribution is 2.45. The van der Waals surface area contributed by atoms with Crippen molar-refractivity contribution in [1.29, 1.82) is 0 Å². The number of nitrogens with zero attached hydrogens (tertiary/aromatic N) is 1. The van der Waals surface area contributed by atoms with Crippen LogP contribution in [0.15, 0.2) is 18.2 Å². The number of benzene rings is 1. The Hall–Kier alpha value is -1.06. The highest BCUT2D eigenvalue weighted by molar-refractivity contribution is 5.40. The van der Waals surface area contributed by atoms with Crippen LogP contribution >= 0.6 is 0 Å². The summed E-state index contributed by atoms with van der Waals surface area (Å²) in [6.45, 7) is 4.16. The second-order valence-electron chi connectivity index (χ2n) is 5.79. The van der Waals surface area contributed by atoms with Gasteiger partial charge < -0.3 is 15.1 Å². The molecule has 1 aromatic carbocycles. The monoisotopic (exact) mass is 235 g/mol. The van der Waals surface area contributed by atoms with Crippen LogP contribution in [0.1, 0.15) is 31.1 Å². The standard InChI is InChI=1S/C14H21NO2/c1-14(2)12(15(3)4)7-9-5-6-10(16)8-11(9)13(14)17/h5-6,8,12-13,16-17H,7H2,1-4H3. The minimum Gasteiger partial charge on any atom is -0.508 e. The van der Waals surface area contributed by atoms with E-state index in [4.69, 9.17) is 0 Å². The average Bonchev–Trinajstić information content (AvgIpc) is 2.23. The molecule has 0 bridgehead atoms. The summed E-state index contributed by atoms with van der Waals surface area (Å²) in [4.78, 5) is 2.17. The molecule has 0 heterocycles. The number of phenolic OH excluding ortho intramolecular Hbond substituents is 1. The number of rotatable bonds is 1. The van der Waals surface area contributed by atoms with Gasteiger partial charge in [-0.05, 0) is 43.8 Å². The van der Waals surface area contributed by atoms with E-state index < -0.39 is 6.10 Å². The first-order valence-corrected chi connectivity index (χ1v) is 6.00. The molecule has 17 heavy (non-hydrogen) atoms. The van der Waals surface area contributed by atoms with E-state index in [1.165, 1.54) is 0 Å². The van der Waals surface area contributed by atoms with Crippen molar-refractivity contribution in [3.05, 3.63) is 29.3 Å². The molecule has 3 heteroatoms. The van der Waals surface area contributed by atoms with Gasteiger partial charge in [-0.2, -0.15) is 0 Å². The van der Waals surface area contributed by atoms with Gasteiger partial charge in [0, 0.05) is 11.5 Å². The summed E-state index contributed by atoms with van der Waals surface area (Å²) >= 11 is 0. The van der Waals surface area contributed by atoms with Crippen LogP contribution < -0.4 is 0 Å². The fourth-order valence-electron chi connectivity index (χ4n) is 2.93. The molecule has 2 unspecified atom stereocenters. The first-order valence-electron chi connectivity index (χ1n) is 6.00. The van der Waals surface area contributed by atoms with Crippen LogP contribution in [0.4, 0.5) is 0 Å². The Morgan fingerprint density at radius 1 is 1.29 bits per heavy atom. The van der Waals surface area contributed by atoms with Gasteiger partial charge in [-0.1, -0.05) is 19.9 Å². The molecule has 0 saturated carbocycles. The lowest BCUT2D eigenvalue weighted by atomic mass is 9.68. The number of likely N-dealkylation sites (N-methyl/N-ethyl adjacent to an activating group) is 1. The zero-order chi connectivity index (χ0) is 12.8. The van der Waals surface area contributed by atoms with E-state index in [9.17, 15) is 10.2 Å². The van der Waals surface area contributed by atoms with E-state index in [1.807, 2.05) is 20.2 Å². The predicted octanol–water partition coefficient (Wildman–Crippen LogP) is 1.94. The number of phenols is 1. The first-order chi connectivity index (χ1) is 7.84. The van der Waals surface area contributed by atoms with Crippen molar-refractivity contribution in [2.45, 2.75) is 32.4 Å². The van der Waals surface area contributed by atoms with E-state index in [0.29, 0.717) is 6.04 Å². The maximum Gasteiger partial charge on any atom is 0.115 e. The molecule has 1 aromatic rings. The van der Waals surface area contributed by atoms with Gasteiger partial charge in [0.1, 0.15) is 5.75 Å². The van der Waals surface area contributed by atoms with Crippen LogP contribution in [0, 0.1) is 5.41 Å². The molecule has 0 spiro atoms.